The lowest BCUT2D eigenvalue weighted by molar-refractivity contribution is -0.384. The molecule has 0 unspecified atom stereocenters. The summed E-state index contributed by atoms with van der Waals surface area (Å²) >= 11 is 0. The zero-order valence-corrected chi connectivity index (χ0v) is 16.2. The Labute approximate surface area is 168 Å². The van der Waals surface area contributed by atoms with Gasteiger partial charge in [-0.05, 0) is 49.1 Å². The van der Waals surface area contributed by atoms with E-state index in [1.165, 1.54) is 19.1 Å². The molecule has 0 aromatic heterocycles. The van der Waals surface area contributed by atoms with Crippen LogP contribution >= 0.6 is 0 Å². The molecule has 2 aliphatic rings. The second-order valence-corrected chi connectivity index (χ2v) is 7.37. The van der Waals surface area contributed by atoms with Crippen LogP contribution in [0.15, 0.2) is 36.4 Å². The molecule has 2 aromatic carbocycles. The number of nitrogens with one attached hydrogen (secondary N) is 1. The van der Waals surface area contributed by atoms with E-state index >= 15 is 0 Å². The highest BCUT2D eigenvalue weighted by atomic mass is 16.6. The smallest absolute Gasteiger partial charge is 0.270 e. The van der Waals surface area contributed by atoms with E-state index in [1.54, 1.807) is 17.0 Å². The molecule has 2 heterocycles. The molecule has 2 aliphatic heterocycles. The molecular formula is C21H22N4O4. The molecular weight excluding hydrogens is 372 g/mol. The third-order valence-corrected chi connectivity index (χ3v) is 5.50. The van der Waals surface area contributed by atoms with Crippen LogP contribution in [-0.2, 0) is 11.2 Å². The average Bonchev–Trinajstić information content (AvgIpc) is 3.37. The van der Waals surface area contributed by atoms with Gasteiger partial charge in [0.1, 0.15) is 0 Å². The normalized spacial score (nSPS) is 15.3. The molecule has 2 aromatic rings. The molecule has 1 fully saturated rings. The summed E-state index contributed by atoms with van der Waals surface area (Å²) < 4.78 is 0. The van der Waals surface area contributed by atoms with Crippen LogP contribution < -0.4 is 15.1 Å². The van der Waals surface area contributed by atoms with Gasteiger partial charge in [-0.2, -0.15) is 0 Å². The summed E-state index contributed by atoms with van der Waals surface area (Å²) in [4.78, 5) is 39.2. The summed E-state index contributed by atoms with van der Waals surface area (Å²) in [5.74, 6) is -0.385. The van der Waals surface area contributed by atoms with E-state index in [0.717, 1.165) is 49.3 Å². The highest BCUT2D eigenvalue weighted by Gasteiger charge is 2.25. The molecule has 2 amide bonds. The van der Waals surface area contributed by atoms with Crippen LogP contribution in [0, 0.1) is 10.1 Å². The fraction of sp³-hybridized carbons (Fsp3) is 0.333. The van der Waals surface area contributed by atoms with Crippen molar-refractivity contribution in [3.63, 3.8) is 0 Å². The van der Waals surface area contributed by atoms with Gasteiger partial charge >= 0.3 is 0 Å². The van der Waals surface area contributed by atoms with E-state index < -0.39 is 4.92 Å². The third kappa shape index (κ3) is 3.65. The van der Waals surface area contributed by atoms with E-state index in [-0.39, 0.29) is 17.5 Å². The first-order valence-electron chi connectivity index (χ1n) is 9.70. The maximum absolute atomic E-state index is 13.0. The van der Waals surface area contributed by atoms with Crippen LogP contribution in [0.1, 0.15) is 35.7 Å². The molecule has 1 N–H and O–H groups in total. The number of carbonyl (C=O) groups excluding carboxylic acids is 2. The first kappa shape index (κ1) is 18.9. The molecule has 0 saturated carbocycles. The molecule has 1 saturated heterocycles. The number of anilines is 3. The monoisotopic (exact) mass is 394 g/mol. The van der Waals surface area contributed by atoms with Gasteiger partial charge in [0.15, 0.2) is 0 Å². The van der Waals surface area contributed by atoms with E-state index in [0.29, 0.717) is 17.8 Å². The van der Waals surface area contributed by atoms with Crippen LogP contribution in [0.4, 0.5) is 22.7 Å². The first-order valence-corrected chi connectivity index (χ1v) is 9.70. The summed E-state index contributed by atoms with van der Waals surface area (Å²) in [6, 6.07) is 9.89. The van der Waals surface area contributed by atoms with Crippen LogP contribution in [-0.4, -0.2) is 36.4 Å². The van der Waals surface area contributed by atoms with Crippen LogP contribution in [0.25, 0.3) is 0 Å². The molecule has 8 heteroatoms. The number of benzene rings is 2. The Morgan fingerprint density at radius 2 is 1.76 bits per heavy atom. The van der Waals surface area contributed by atoms with Crippen molar-refractivity contribution in [2.45, 2.75) is 26.2 Å². The number of fused-ring (bicyclic) bond motifs is 1. The minimum atomic E-state index is -0.490. The fourth-order valence-corrected chi connectivity index (χ4v) is 4.06. The summed E-state index contributed by atoms with van der Waals surface area (Å²) in [6.45, 7) is 3.83. The third-order valence-electron chi connectivity index (χ3n) is 5.50. The van der Waals surface area contributed by atoms with Crippen molar-refractivity contribution in [3.8, 4) is 0 Å². The predicted molar refractivity (Wildman–Crippen MR) is 111 cm³/mol. The lowest BCUT2D eigenvalue weighted by atomic mass is 10.1. The molecule has 0 aliphatic carbocycles. The summed E-state index contributed by atoms with van der Waals surface area (Å²) in [6.07, 6.45) is 2.81. The lowest BCUT2D eigenvalue weighted by Gasteiger charge is -2.21. The Kier molecular flexibility index (Phi) is 4.92. The second-order valence-electron chi connectivity index (χ2n) is 7.37. The van der Waals surface area contributed by atoms with Crippen LogP contribution in [0.3, 0.4) is 0 Å². The number of hydrogen-bond donors (Lipinski definition) is 1. The van der Waals surface area contributed by atoms with E-state index in [1.807, 2.05) is 12.1 Å². The number of nitro benzene ring substituents is 1. The van der Waals surface area contributed by atoms with Crippen LogP contribution in [0.5, 0.6) is 0 Å². The minimum Gasteiger partial charge on any atom is -0.371 e. The zero-order chi connectivity index (χ0) is 20.5. The van der Waals surface area contributed by atoms with Crippen molar-refractivity contribution in [1.29, 1.82) is 0 Å². The van der Waals surface area contributed by atoms with Crippen molar-refractivity contribution in [2.75, 3.05) is 34.8 Å². The number of hydrogen-bond acceptors (Lipinski definition) is 5. The SMILES string of the molecule is CC(=O)N1CCc2cc(NC(=O)c3cc([N+](=O)[O-])ccc3N3CCCC3)ccc21. The zero-order valence-electron chi connectivity index (χ0n) is 16.2. The van der Waals surface area contributed by atoms with Gasteiger partial charge < -0.3 is 15.1 Å². The van der Waals surface area contributed by atoms with Crippen molar-refractivity contribution < 1.29 is 14.5 Å². The van der Waals surface area contributed by atoms with Crippen molar-refractivity contribution in [1.82, 2.24) is 0 Å². The number of non-ortho nitro benzene ring substituents is 1. The Hall–Kier alpha value is -3.42. The van der Waals surface area contributed by atoms with E-state index in [2.05, 4.69) is 10.2 Å². The van der Waals surface area contributed by atoms with Gasteiger partial charge in [0.25, 0.3) is 11.6 Å². The molecule has 4 rings (SSSR count). The van der Waals surface area contributed by atoms with Gasteiger partial charge in [0.2, 0.25) is 5.91 Å². The van der Waals surface area contributed by atoms with Gasteiger partial charge in [-0.25, -0.2) is 0 Å². The second kappa shape index (κ2) is 7.54. The Morgan fingerprint density at radius 1 is 1.03 bits per heavy atom. The number of rotatable bonds is 4. The lowest BCUT2D eigenvalue weighted by Crippen LogP contribution is -2.25. The first-order chi connectivity index (χ1) is 13.9. The topological polar surface area (TPSA) is 95.8 Å². The van der Waals surface area contributed by atoms with Crippen molar-refractivity contribution in [3.05, 3.63) is 57.6 Å². The Morgan fingerprint density at radius 3 is 2.45 bits per heavy atom. The van der Waals surface area contributed by atoms with Crippen molar-refractivity contribution >= 4 is 34.6 Å². The fourth-order valence-electron chi connectivity index (χ4n) is 4.06. The van der Waals surface area contributed by atoms with Gasteiger partial charge in [0, 0.05) is 50.1 Å². The summed E-state index contributed by atoms with van der Waals surface area (Å²) in [5.41, 5.74) is 3.38. The van der Waals surface area contributed by atoms with E-state index in [9.17, 15) is 19.7 Å². The molecule has 150 valence electrons. The molecule has 0 bridgehead atoms. The van der Waals surface area contributed by atoms with Gasteiger partial charge in [-0.15, -0.1) is 0 Å². The number of nitro groups is 1. The Balaban J connectivity index is 1.62. The quantitative estimate of drug-likeness (QED) is 0.634. The van der Waals surface area contributed by atoms with Gasteiger partial charge in [-0.1, -0.05) is 0 Å². The minimum absolute atomic E-state index is 0.00705. The number of carbonyl (C=O) groups is 2. The largest absolute Gasteiger partial charge is 0.371 e. The predicted octanol–water partition coefficient (Wildman–Crippen LogP) is 3.36. The number of amides is 2. The molecule has 0 spiro atoms. The van der Waals surface area contributed by atoms with Crippen LogP contribution in [0.2, 0.25) is 0 Å². The average molecular weight is 394 g/mol. The summed E-state index contributed by atoms with van der Waals surface area (Å²) in [5, 5.41) is 14.1. The highest BCUT2D eigenvalue weighted by molar-refractivity contribution is 6.09. The molecule has 0 atom stereocenters. The molecule has 8 nitrogen and oxygen atoms in total. The maximum Gasteiger partial charge on any atom is 0.270 e. The molecule has 0 radical (unpaired) electrons. The maximum atomic E-state index is 13.0. The van der Waals surface area contributed by atoms with Gasteiger partial charge in [0.05, 0.1) is 16.2 Å². The number of nitrogens with zero attached hydrogens (tertiary/aromatic N) is 3. The van der Waals surface area contributed by atoms with E-state index in [4.69, 9.17) is 0 Å². The van der Waals surface area contributed by atoms with Crippen molar-refractivity contribution in [2.24, 2.45) is 0 Å². The Bertz CT molecular complexity index is 998. The standard InChI is InChI=1S/C21H22N4O4/c1-14(26)24-11-8-15-12-16(4-6-19(15)24)22-21(27)18-13-17(25(28)29)5-7-20(18)23-9-2-3-10-23/h4-7,12-13H,2-3,8-11H2,1H3,(H,22,27). The summed E-state index contributed by atoms with van der Waals surface area (Å²) in [7, 11) is 0. The molecule has 29 heavy (non-hydrogen) atoms. The van der Waals surface area contributed by atoms with Gasteiger partial charge in [-0.3, -0.25) is 19.7 Å². The highest BCUT2D eigenvalue weighted by Crippen LogP contribution is 2.32.